The Balaban J connectivity index is 1.64. The van der Waals surface area contributed by atoms with Crippen molar-refractivity contribution in [3.05, 3.63) is 64.3 Å². The molecule has 0 aliphatic carbocycles. The van der Waals surface area contributed by atoms with Crippen molar-refractivity contribution in [2.24, 2.45) is 0 Å². The average molecular weight is 399 g/mol. The maximum absolute atomic E-state index is 12.5. The van der Waals surface area contributed by atoms with E-state index in [1.807, 2.05) is 13.0 Å². The highest BCUT2D eigenvalue weighted by Gasteiger charge is 2.21. The third kappa shape index (κ3) is 2.97. The number of carbonyl (C=O) groups excluding carboxylic acids is 2. The van der Waals surface area contributed by atoms with Crippen molar-refractivity contribution < 1.29 is 18.7 Å². The maximum atomic E-state index is 12.5. The van der Waals surface area contributed by atoms with Gasteiger partial charge in [-0.15, -0.1) is 0 Å². The molecule has 9 heteroatoms. The van der Waals surface area contributed by atoms with E-state index in [-0.39, 0.29) is 18.0 Å². The summed E-state index contributed by atoms with van der Waals surface area (Å²) in [6, 6.07) is 5.20. The predicted molar refractivity (Wildman–Crippen MR) is 101 cm³/mol. The third-order valence-corrected chi connectivity index (χ3v) is 4.69. The molecule has 0 atom stereocenters. The Hall–Kier alpha value is -3.39. The maximum Gasteiger partial charge on any atom is 0.341 e. The lowest BCUT2D eigenvalue weighted by Crippen LogP contribution is -2.22. The second kappa shape index (κ2) is 6.97. The van der Waals surface area contributed by atoms with Gasteiger partial charge in [-0.2, -0.15) is 5.10 Å². The molecule has 3 aromatic heterocycles. The summed E-state index contributed by atoms with van der Waals surface area (Å²) in [6.45, 7) is 1.88. The molecule has 0 unspecified atom stereocenters. The van der Waals surface area contributed by atoms with Crippen molar-refractivity contribution >= 4 is 40.1 Å². The summed E-state index contributed by atoms with van der Waals surface area (Å²) in [4.78, 5) is 28.7. The number of hydrogen-bond acceptors (Lipinski definition) is 6. The highest BCUT2D eigenvalue weighted by molar-refractivity contribution is 6.36. The van der Waals surface area contributed by atoms with Crippen LogP contribution in [0.1, 0.15) is 32.0 Å². The molecule has 4 rings (SSSR count). The minimum atomic E-state index is -0.521. The van der Waals surface area contributed by atoms with Crippen LogP contribution in [0.2, 0.25) is 5.02 Å². The number of nitrogens with zero attached hydrogens (tertiary/aromatic N) is 3. The van der Waals surface area contributed by atoms with Gasteiger partial charge in [0.15, 0.2) is 11.2 Å². The summed E-state index contributed by atoms with van der Waals surface area (Å²) in [5.74, 6) is -0.549. The van der Waals surface area contributed by atoms with Gasteiger partial charge in [0.25, 0.3) is 5.91 Å². The summed E-state index contributed by atoms with van der Waals surface area (Å²) in [5.41, 5.74) is 2.22. The molecule has 8 nitrogen and oxygen atoms in total. The van der Waals surface area contributed by atoms with Gasteiger partial charge in [-0.25, -0.2) is 14.3 Å². The number of aromatic nitrogens is 3. The molecule has 28 heavy (non-hydrogen) atoms. The van der Waals surface area contributed by atoms with Gasteiger partial charge in [0.05, 0.1) is 24.9 Å². The van der Waals surface area contributed by atoms with Gasteiger partial charge in [-0.05, 0) is 30.7 Å². The largest absolute Gasteiger partial charge is 0.465 e. The molecule has 142 valence electrons. The number of rotatable bonds is 4. The molecule has 0 spiro atoms. The van der Waals surface area contributed by atoms with Crippen LogP contribution < -0.4 is 5.32 Å². The Morgan fingerprint density at radius 1 is 1.32 bits per heavy atom. The number of esters is 1. The number of ether oxygens (including phenoxy) is 1. The van der Waals surface area contributed by atoms with E-state index < -0.39 is 5.97 Å². The Bertz CT molecular complexity index is 1230. The highest BCUT2D eigenvalue weighted by atomic mass is 35.5. The Morgan fingerprint density at radius 2 is 2.14 bits per heavy atom. The summed E-state index contributed by atoms with van der Waals surface area (Å²) in [5, 5.41) is 7.76. The molecular weight excluding hydrogens is 384 g/mol. The Kier molecular flexibility index (Phi) is 4.48. The number of fused-ring (bicyclic) bond motifs is 2. The third-order valence-electron chi connectivity index (χ3n) is 4.28. The molecule has 0 saturated heterocycles. The number of methoxy groups -OCH3 is 1. The molecule has 0 radical (unpaired) electrons. The average Bonchev–Trinajstić information content (AvgIpc) is 3.27. The quantitative estimate of drug-likeness (QED) is 0.530. The SMILES string of the molecule is COC(=O)c1cc(C)cc2c(Cl)c(CNC(=O)c3cnn4cccnc34)oc12. The van der Waals surface area contributed by atoms with E-state index in [0.29, 0.717) is 33.0 Å². The van der Waals surface area contributed by atoms with Gasteiger partial charge in [0.1, 0.15) is 16.9 Å². The molecule has 1 amide bonds. The molecule has 4 aromatic rings. The Morgan fingerprint density at radius 3 is 2.93 bits per heavy atom. The van der Waals surface area contributed by atoms with E-state index in [2.05, 4.69) is 15.4 Å². The van der Waals surface area contributed by atoms with Crippen LogP contribution in [0.4, 0.5) is 0 Å². The van der Waals surface area contributed by atoms with Gasteiger partial charge in [-0.3, -0.25) is 4.79 Å². The first kappa shape index (κ1) is 18.0. The summed E-state index contributed by atoms with van der Waals surface area (Å²) < 4.78 is 12.1. The van der Waals surface area contributed by atoms with Crippen molar-refractivity contribution in [3.63, 3.8) is 0 Å². The molecule has 0 saturated carbocycles. The van der Waals surface area contributed by atoms with Crippen LogP contribution in [-0.4, -0.2) is 33.6 Å². The normalized spacial score (nSPS) is 11.1. The molecule has 1 aromatic carbocycles. The van der Waals surface area contributed by atoms with Crippen molar-refractivity contribution in [1.29, 1.82) is 0 Å². The fourth-order valence-electron chi connectivity index (χ4n) is 2.98. The van der Waals surface area contributed by atoms with Gasteiger partial charge < -0.3 is 14.5 Å². The van der Waals surface area contributed by atoms with E-state index in [0.717, 1.165) is 5.56 Å². The zero-order chi connectivity index (χ0) is 19.8. The first-order chi connectivity index (χ1) is 13.5. The second-order valence-electron chi connectivity index (χ2n) is 6.15. The second-order valence-corrected chi connectivity index (χ2v) is 6.53. The number of halogens is 1. The van der Waals surface area contributed by atoms with Crippen molar-refractivity contribution in [2.75, 3.05) is 7.11 Å². The van der Waals surface area contributed by atoms with Crippen LogP contribution in [0.5, 0.6) is 0 Å². The molecular formula is C19H15ClN4O4. The first-order valence-electron chi connectivity index (χ1n) is 8.36. The van der Waals surface area contributed by atoms with Crippen molar-refractivity contribution in [2.45, 2.75) is 13.5 Å². The number of amides is 1. The van der Waals surface area contributed by atoms with Gasteiger partial charge in [-0.1, -0.05) is 11.6 Å². The summed E-state index contributed by atoms with van der Waals surface area (Å²) >= 11 is 6.43. The monoisotopic (exact) mass is 398 g/mol. The highest BCUT2D eigenvalue weighted by Crippen LogP contribution is 2.34. The minimum Gasteiger partial charge on any atom is -0.465 e. The van der Waals surface area contributed by atoms with Crippen LogP contribution in [0, 0.1) is 6.92 Å². The van der Waals surface area contributed by atoms with Crippen LogP contribution in [0.25, 0.3) is 16.6 Å². The number of nitrogens with one attached hydrogen (secondary N) is 1. The summed E-state index contributed by atoms with van der Waals surface area (Å²) in [6.07, 6.45) is 4.73. The van der Waals surface area contributed by atoms with E-state index >= 15 is 0 Å². The van der Waals surface area contributed by atoms with Crippen molar-refractivity contribution in [1.82, 2.24) is 19.9 Å². The van der Waals surface area contributed by atoms with Gasteiger partial charge >= 0.3 is 5.97 Å². The topological polar surface area (TPSA) is 98.7 Å². The fourth-order valence-corrected chi connectivity index (χ4v) is 3.23. The Labute approximate surface area is 164 Å². The smallest absolute Gasteiger partial charge is 0.341 e. The molecule has 1 N–H and O–H groups in total. The lowest BCUT2D eigenvalue weighted by atomic mass is 10.1. The first-order valence-corrected chi connectivity index (χ1v) is 8.73. The lowest BCUT2D eigenvalue weighted by molar-refractivity contribution is 0.0601. The number of hydrogen-bond donors (Lipinski definition) is 1. The lowest BCUT2D eigenvalue weighted by Gasteiger charge is -2.02. The van der Waals surface area contributed by atoms with E-state index in [1.165, 1.54) is 17.8 Å². The molecule has 3 heterocycles. The van der Waals surface area contributed by atoms with E-state index in [4.69, 9.17) is 20.8 Å². The van der Waals surface area contributed by atoms with Crippen LogP contribution in [-0.2, 0) is 11.3 Å². The zero-order valence-electron chi connectivity index (χ0n) is 15.0. The number of carbonyl (C=O) groups is 2. The molecule has 0 aliphatic heterocycles. The van der Waals surface area contributed by atoms with Gasteiger partial charge in [0.2, 0.25) is 0 Å². The van der Waals surface area contributed by atoms with E-state index in [9.17, 15) is 9.59 Å². The zero-order valence-corrected chi connectivity index (χ0v) is 15.8. The van der Waals surface area contributed by atoms with Crippen molar-refractivity contribution in [3.8, 4) is 0 Å². The van der Waals surface area contributed by atoms with Gasteiger partial charge in [0, 0.05) is 17.8 Å². The number of furan rings is 1. The molecule has 0 bridgehead atoms. The fraction of sp³-hybridized carbons (Fsp3) is 0.158. The van der Waals surface area contributed by atoms with Crippen LogP contribution in [0.15, 0.2) is 41.2 Å². The molecule has 0 aliphatic rings. The summed E-state index contributed by atoms with van der Waals surface area (Å²) in [7, 11) is 1.30. The van der Waals surface area contributed by atoms with Crippen LogP contribution in [0.3, 0.4) is 0 Å². The minimum absolute atomic E-state index is 0.0379. The number of aryl methyl sites for hydroxylation is 1. The standard InChI is InChI=1S/C19H15ClN4O4/c1-10-6-11-15(20)14(28-16(11)12(7-10)19(26)27-2)9-22-18(25)13-8-23-24-5-3-4-21-17(13)24/h3-8H,9H2,1-2H3,(H,22,25). The van der Waals surface area contributed by atoms with Crippen LogP contribution >= 0.6 is 11.6 Å². The predicted octanol–water partition coefficient (Wildman–Crippen LogP) is 3.15. The number of benzene rings is 1. The van der Waals surface area contributed by atoms with E-state index in [1.54, 1.807) is 24.5 Å². The molecule has 0 fully saturated rings.